The summed E-state index contributed by atoms with van der Waals surface area (Å²) in [5.41, 5.74) is 1.26. The molecule has 2 aromatic heterocycles. The van der Waals surface area contributed by atoms with E-state index in [1.165, 1.54) is 4.90 Å². The number of fused-ring (bicyclic) bond motifs is 2. The van der Waals surface area contributed by atoms with Crippen LogP contribution in [0.1, 0.15) is 77.2 Å². The van der Waals surface area contributed by atoms with Crippen LogP contribution in [0, 0.1) is 12.8 Å². The second-order valence-corrected chi connectivity index (χ2v) is 11.0. The summed E-state index contributed by atoms with van der Waals surface area (Å²) in [5, 5.41) is 0.623. The highest BCUT2D eigenvalue weighted by molar-refractivity contribution is 7.17. The highest BCUT2D eigenvalue weighted by atomic mass is 32.1. The van der Waals surface area contributed by atoms with Crippen LogP contribution in [0.3, 0.4) is 0 Å². The van der Waals surface area contributed by atoms with Gasteiger partial charge in [-0.05, 0) is 62.9 Å². The maximum atomic E-state index is 14.0. The quantitative estimate of drug-likeness (QED) is 0.202. The van der Waals surface area contributed by atoms with Crippen LogP contribution < -0.4 is 19.8 Å². The number of amides is 1. The molecule has 0 saturated carbocycles. The minimum Gasteiger partial charge on any atom is -0.490 e. The van der Waals surface area contributed by atoms with Crippen molar-refractivity contribution in [2.24, 2.45) is 5.92 Å². The average molecular weight is 577 g/mol. The number of aryl methyl sites for hydroxylation is 1. The summed E-state index contributed by atoms with van der Waals surface area (Å²) in [4.78, 5) is 46.7. The van der Waals surface area contributed by atoms with E-state index in [9.17, 15) is 14.4 Å². The van der Waals surface area contributed by atoms with Crippen molar-refractivity contribution in [1.82, 2.24) is 4.98 Å². The number of benzene rings is 2. The van der Waals surface area contributed by atoms with E-state index >= 15 is 0 Å². The van der Waals surface area contributed by atoms with Crippen molar-refractivity contribution < 1.29 is 28.2 Å². The van der Waals surface area contributed by atoms with Gasteiger partial charge in [0.1, 0.15) is 10.5 Å². The highest BCUT2D eigenvalue weighted by Crippen LogP contribution is 2.45. The van der Waals surface area contributed by atoms with Crippen molar-refractivity contribution in [3.8, 4) is 11.5 Å². The number of hydrogen-bond acceptors (Lipinski definition) is 9. The molecule has 0 spiro atoms. The van der Waals surface area contributed by atoms with Gasteiger partial charge in [0.2, 0.25) is 5.76 Å². The van der Waals surface area contributed by atoms with E-state index < -0.39 is 17.9 Å². The molecule has 1 amide bonds. The van der Waals surface area contributed by atoms with Crippen LogP contribution >= 0.6 is 11.3 Å². The fourth-order valence-electron chi connectivity index (χ4n) is 4.79. The minimum atomic E-state index is -0.872. The van der Waals surface area contributed by atoms with E-state index in [1.54, 1.807) is 50.2 Å². The molecule has 41 heavy (non-hydrogen) atoms. The van der Waals surface area contributed by atoms with Gasteiger partial charge in [-0.15, -0.1) is 0 Å². The Kier molecular flexibility index (Phi) is 8.12. The smallest absolute Gasteiger partial charge is 0.350 e. The molecular formula is C31H32N2O7S. The Morgan fingerprint density at radius 2 is 1.85 bits per heavy atom. The molecule has 3 heterocycles. The molecule has 10 heteroatoms. The number of nitrogens with zero attached hydrogens (tertiary/aromatic N) is 2. The number of anilines is 1. The van der Waals surface area contributed by atoms with Crippen molar-refractivity contribution in [3.63, 3.8) is 0 Å². The number of rotatable bonds is 10. The monoisotopic (exact) mass is 576 g/mol. The first-order valence-corrected chi connectivity index (χ1v) is 14.5. The molecule has 1 aliphatic rings. The fraction of sp³-hybridized carbons (Fsp3) is 0.355. The second kappa shape index (κ2) is 11.7. The third kappa shape index (κ3) is 5.31. The van der Waals surface area contributed by atoms with Crippen molar-refractivity contribution in [1.29, 1.82) is 0 Å². The first kappa shape index (κ1) is 28.4. The van der Waals surface area contributed by atoms with Crippen LogP contribution in [0.2, 0.25) is 0 Å². The molecular weight excluding hydrogens is 544 g/mol. The Balaban J connectivity index is 1.68. The van der Waals surface area contributed by atoms with Gasteiger partial charge in [0.15, 0.2) is 22.1 Å². The number of esters is 1. The zero-order valence-electron chi connectivity index (χ0n) is 23.7. The van der Waals surface area contributed by atoms with E-state index in [4.69, 9.17) is 18.6 Å². The molecule has 2 aromatic carbocycles. The van der Waals surface area contributed by atoms with Crippen molar-refractivity contribution in [2.45, 2.75) is 47.1 Å². The van der Waals surface area contributed by atoms with E-state index in [-0.39, 0.29) is 33.4 Å². The van der Waals surface area contributed by atoms with E-state index in [1.807, 2.05) is 13.0 Å². The van der Waals surface area contributed by atoms with Gasteiger partial charge in [-0.1, -0.05) is 43.4 Å². The number of ether oxygens (including phenoxy) is 3. The average Bonchev–Trinajstić information content (AvgIpc) is 3.47. The van der Waals surface area contributed by atoms with Crippen molar-refractivity contribution in [2.75, 3.05) is 24.7 Å². The molecule has 1 atom stereocenters. The van der Waals surface area contributed by atoms with Crippen LogP contribution in [0.4, 0.5) is 5.13 Å². The van der Waals surface area contributed by atoms with Crippen LogP contribution in [-0.4, -0.2) is 36.7 Å². The molecule has 214 valence electrons. The minimum absolute atomic E-state index is 0.0561. The summed E-state index contributed by atoms with van der Waals surface area (Å²) in [6, 6.07) is 11.4. The Bertz CT molecular complexity index is 1670. The van der Waals surface area contributed by atoms with Gasteiger partial charge < -0.3 is 18.6 Å². The van der Waals surface area contributed by atoms with E-state index in [0.717, 1.165) is 17.8 Å². The summed E-state index contributed by atoms with van der Waals surface area (Å²) in [7, 11) is 0. The summed E-state index contributed by atoms with van der Waals surface area (Å²) in [6.45, 7) is 10.7. The van der Waals surface area contributed by atoms with E-state index in [0.29, 0.717) is 52.9 Å². The molecule has 0 saturated heterocycles. The molecule has 0 N–H and O–H groups in total. The maximum Gasteiger partial charge on any atom is 0.350 e. The highest BCUT2D eigenvalue weighted by Gasteiger charge is 2.45. The van der Waals surface area contributed by atoms with Gasteiger partial charge in [0, 0.05) is 0 Å². The van der Waals surface area contributed by atoms with Crippen LogP contribution in [0.25, 0.3) is 11.0 Å². The van der Waals surface area contributed by atoms with Gasteiger partial charge in [0.25, 0.3) is 5.91 Å². The molecule has 5 rings (SSSR count). The molecule has 0 radical (unpaired) electrons. The molecule has 0 aliphatic carbocycles. The van der Waals surface area contributed by atoms with E-state index in [2.05, 4.69) is 18.8 Å². The molecule has 1 aliphatic heterocycles. The number of carbonyl (C=O) groups excluding carboxylic acids is 2. The third-order valence-corrected chi connectivity index (χ3v) is 7.90. The van der Waals surface area contributed by atoms with Gasteiger partial charge in [-0.25, -0.2) is 9.78 Å². The maximum absolute atomic E-state index is 14.0. The number of thiazole rings is 1. The predicted octanol–water partition coefficient (Wildman–Crippen LogP) is 6.31. The number of carbonyl (C=O) groups is 2. The molecule has 0 fully saturated rings. The lowest BCUT2D eigenvalue weighted by molar-refractivity contribution is 0.0531. The first-order valence-electron chi connectivity index (χ1n) is 13.7. The number of hydrogen-bond donors (Lipinski definition) is 0. The molecule has 0 bridgehead atoms. The van der Waals surface area contributed by atoms with Gasteiger partial charge in [-0.2, -0.15) is 0 Å². The topological polar surface area (TPSA) is 108 Å². The largest absolute Gasteiger partial charge is 0.490 e. The lowest BCUT2D eigenvalue weighted by Gasteiger charge is -2.23. The third-order valence-electron chi connectivity index (χ3n) is 6.77. The van der Waals surface area contributed by atoms with Crippen LogP contribution in [0.15, 0.2) is 51.7 Å². The SMILES string of the molecule is CCOC(=O)c1sc(N2C(=O)c3oc4ccccc4c(=O)c3C2c2ccc(OCCC(C)C)c(OCC)c2)nc1C. The Hall–Kier alpha value is -4.18. The van der Waals surface area contributed by atoms with Gasteiger partial charge >= 0.3 is 5.97 Å². The summed E-state index contributed by atoms with van der Waals surface area (Å²) in [5.74, 6) is 0.465. The Labute approximate surface area is 241 Å². The lowest BCUT2D eigenvalue weighted by atomic mass is 9.98. The standard InChI is InChI=1S/C31H32N2O7S/c1-6-37-23-16-19(12-13-22(23)39-15-14-17(3)4)25-24-26(34)20-10-8-9-11-21(20)40-27(24)29(35)33(25)31-32-18(5)28(41-31)30(36)38-7-2/h8-13,16-17,25H,6-7,14-15H2,1-5H3. The zero-order chi connectivity index (χ0) is 29.3. The zero-order valence-corrected chi connectivity index (χ0v) is 24.5. The van der Waals surface area contributed by atoms with Gasteiger partial charge in [0.05, 0.1) is 42.5 Å². The van der Waals surface area contributed by atoms with Gasteiger partial charge in [-0.3, -0.25) is 14.5 Å². The second-order valence-electron chi connectivity index (χ2n) is 10.0. The van der Waals surface area contributed by atoms with Crippen molar-refractivity contribution in [3.05, 3.63) is 80.1 Å². The van der Waals surface area contributed by atoms with Crippen LogP contribution in [0.5, 0.6) is 11.5 Å². The predicted molar refractivity (Wildman–Crippen MR) is 157 cm³/mol. The molecule has 9 nitrogen and oxygen atoms in total. The number of aromatic nitrogens is 1. The fourth-order valence-corrected chi connectivity index (χ4v) is 5.78. The normalized spacial score (nSPS) is 14.5. The Morgan fingerprint density at radius 3 is 2.59 bits per heavy atom. The van der Waals surface area contributed by atoms with Crippen LogP contribution in [-0.2, 0) is 4.74 Å². The van der Waals surface area contributed by atoms with Crippen molar-refractivity contribution >= 4 is 39.3 Å². The first-order chi connectivity index (χ1) is 19.7. The Morgan fingerprint density at radius 1 is 1.07 bits per heavy atom. The summed E-state index contributed by atoms with van der Waals surface area (Å²) >= 11 is 1.04. The molecule has 1 unspecified atom stereocenters. The lowest BCUT2D eigenvalue weighted by Crippen LogP contribution is -2.29. The molecule has 4 aromatic rings. The summed E-state index contributed by atoms with van der Waals surface area (Å²) < 4.78 is 23.2. The summed E-state index contributed by atoms with van der Waals surface area (Å²) in [6.07, 6.45) is 0.881. The number of para-hydroxylation sites is 1.